The number of hydrogen-bond donors (Lipinski definition) is 3. The second-order valence-electron chi connectivity index (χ2n) is 1.69. The van der Waals surface area contributed by atoms with Gasteiger partial charge in [-0.05, 0) is 6.07 Å². The van der Waals surface area contributed by atoms with E-state index in [-0.39, 0.29) is 0 Å². The van der Waals surface area contributed by atoms with Gasteiger partial charge in [0.2, 0.25) is 5.75 Å². The summed E-state index contributed by atoms with van der Waals surface area (Å²) >= 11 is 0. The van der Waals surface area contributed by atoms with Crippen LogP contribution >= 0.6 is 0 Å². The predicted molar refractivity (Wildman–Crippen MR) is 30.2 cm³/mol. The summed E-state index contributed by atoms with van der Waals surface area (Å²) in [6.45, 7) is 0. The van der Waals surface area contributed by atoms with Crippen LogP contribution in [0.5, 0.6) is 17.2 Å². The summed E-state index contributed by atoms with van der Waals surface area (Å²) in [5.41, 5.74) is 0. The zero-order valence-corrected chi connectivity index (χ0v) is 4.80. The van der Waals surface area contributed by atoms with Crippen molar-refractivity contribution < 1.29 is 19.7 Å². The Morgan fingerprint density at radius 2 is 1.80 bits per heavy atom. The molecule has 0 aliphatic carbocycles. The lowest BCUT2D eigenvalue weighted by molar-refractivity contribution is 0.351. The summed E-state index contributed by atoms with van der Waals surface area (Å²) in [5, 5.41) is 25.8. The quantitative estimate of drug-likeness (QED) is 0.469. The molecule has 1 rings (SSSR count). The highest BCUT2D eigenvalue weighted by molar-refractivity contribution is 5.48. The van der Waals surface area contributed by atoms with Gasteiger partial charge in [0.05, 0.1) is 0 Å². The van der Waals surface area contributed by atoms with Crippen LogP contribution in [0.15, 0.2) is 6.07 Å². The highest BCUT2D eigenvalue weighted by atomic mass is 19.1. The van der Waals surface area contributed by atoms with Gasteiger partial charge in [-0.15, -0.1) is 0 Å². The van der Waals surface area contributed by atoms with E-state index in [9.17, 15) is 4.39 Å². The van der Waals surface area contributed by atoms with Crippen LogP contribution in [-0.4, -0.2) is 15.3 Å². The second-order valence-corrected chi connectivity index (χ2v) is 1.69. The van der Waals surface area contributed by atoms with Gasteiger partial charge in [0, 0.05) is 6.07 Å². The summed E-state index contributed by atoms with van der Waals surface area (Å²) in [7, 11) is 0. The molecule has 0 fully saturated rings. The molecule has 0 aliphatic rings. The molecule has 0 saturated carbocycles. The topological polar surface area (TPSA) is 60.7 Å². The molecule has 53 valence electrons. The normalized spacial score (nSPS) is 9.70. The fourth-order valence-corrected chi connectivity index (χ4v) is 0.494. The molecule has 1 aromatic carbocycles. The molecule has 10 heavy (non-hydrogen) atoms. The molecule has 0 unspecified atom stereocenters. The number of rotatable bonds is 0. The van der Waals surface area contributed by atoms with Gasteiger partial charge in [-0.3, -0.25) is 0 Å². The van der Waals surface area contributed by atoms with Crippen molar-refractivity contribution in [1.82, 2.24) is 0 Å². The van der Waals surface area contributed by atoms with Gasteiger partial charge in [-0.2, -0.15) is 0 Å². The third kappa shape index (κ3) is 0.834. The van der Waals surface area contributed by atoms with E-state index in [0.29, 0.717) is 0 Å². The van der Waals surface area contributed by atoms with Gasteiger partial charge in [-0.1, -0.05) is 0 Å². The first-order valence-corrected chi connectivity index (χ1v) is 2.44. The zero-order chi connectivity index (χ0) is 7.72. The van der Waals surface area contributed by atoms with Gasteiger partial charge in [0.15, 0.2) is 17.3 Å². The smallest absolute Gasteiger partial charge is 0.203 e. The fraction of sp³-hybridized carbons (Fsp3) is 0. The van der Waals surface area contributed by atoms with Crippen LogP contribution in [0.25, 0.3) is 0 Å². The molecule has 0 amide bonds. The van der Waals surface area contributed by atoms with E-state index in [1.54, 1.807) is 0 Å². The molecule has 0 aromatic heterocycles. The van der Waals surface area contributed by atoms with E-state index < -0.39 is 23.1 Å². The largest absolute Gasteiger partial charge is 0.504 e. The molecule has 1 radical (unpaired) electrons. The average Bonchev–Trinajstić information content (AvgIpc) is 1.93. The van der Waals surface area contributed by atoms with Gasteiger partial charge in [-0.25, -0.2) is 4.39 Å². The van der Waals surface area contributed by atoms with E-state index in [1.807, 2.05) is 6.07 Å². The minimum atomic E-state index is -1.09. The Bertz CT molecular complexity index is 232. The second kappa shape index (κ2) is 2.06. The fourth-order valence-electron chi connectivity index (χ4n) is 0.494. The first kappa shape index (κ1) is 6.67. The van der Waals surface area contributed by atoms with Crippen LogP contribution in [0.2, 0.25) is 0 Å². The maximum absolute atomic E-state index is 12.2. The lowest BCUT2D eigenvalue weighted by Crippen LogP contribution is -1.77. The Labute approximate surface area is 56.0 Å². The maximum Gasteiger partial charge on any atom is 0.203 e. The Morgan fingerprint density at radius 3 is 2.30 bits per heavy atom. The number of benzene rings is 1. The maximum atomic E-state index is 12.2. The van der Waals surface area contributed by atoms with Gasteiger partial charge >= 0.3 is 0 Å². The van der Waals surface area contributed by atoms with Gasteiger partial charge in [0.25, 0.3) is 0 Å². The molecule has 0 bridgehead atoms. The Hall–Kier alpha value is -1.45. The zero-order valence-electron chi connectivity index (χ0n) is 4.80. The lowest BCUT2D eigenvalue weighted by Gasteiger charge is -1.98. The summed E-state index contributed by atoms with van der Waals surface area (Å²) in [6, 6.07) is 2.71. The Balaban J connectivity index is 3.34. The van der Waals surface area contributed by atoms with E-state index in [0.717, 1.165) is 6.07 Å². The standard InChI is InChI=1S/C6H4FO3/c7-3-1-2-4(8)6(10)5(3)9/h2,8-10H. The summed E-state index contributed by atoms with van der Waals surface area (Å²) in [4.78, 5) is 0. The summed E-state index contributed by atoms with van der Waals surface area (Å²) < 4.78 is 12.2. The molecule has 0 atom stereocenters. The van der Waals surface area contributed by atoms with Crippen molar-refractivity contribution in [1.29, 1.82) is 0 Å². The molecular formula is C6H4FO3. The van der Waals surface area contributed by atoms with Crippen molar-refractivity contribution in [3.8, 4) is 17.2 Å². The first-order chi connectivity index (χ1) is 4.63. The third-order valence-corrected chi connectivity index (χ3v) is 1.01. The highest BCUT2D eigenvalue weighted by Gasteiger charge is 2.09. The van der Waals surface area contributed by atoms with Crippen LogP contribution in [0.4, 0.5) is 4.39 Å². The Morgan fingerprint density at radius 1 is 1.20 bits per heavy atom. The van der Waals surface area contributed by atoms with Crippen LogP contribution in [0.3, 0.4) is 0 Å². The molecule has 0 spiro atoms. The molecule has 1 aromatic rings. The first-order valence-electron chi connectivity index (χ1n) is 2.44. The monoisotopic (exact) mass is 143 g/mol. The minimum Gasteiger partial charge on any atom is -0.504 e. The van der Waals surface area contributed by atoms with Crippen LogP contribution in [0, 0.1) is 11.9 Å². The predicted octanol–water partition coefficient (Wildman–Crippen LogP) is 0.743. The van der Waals surface area contributed by atoms with Crippen molar-refractivity contribution in [3.63, 3.8) is 0 Å². The summed E-state index contributed by atoms with van der Waals surface area (Å²) in [6.07, 6.45) is 0. The van der Waals surface area contributed by atoms with E-state index in [2.05, 4.69) is 0 Å². The number of aromatic hydroxyl groups is 3. The van der Waals surface area contributed by atoms with Crippen molar-refractivity contribution in [2.45, 2.75) is 0 Å². The number of phenolic OH excluding ortho intramolecular Hbond substituents is 3. The number of halogens is 1. The molecule has 3 nitrogen and oxygen atoms in total. The lowest BCUT2D eigenvalue weighted by atomic mass is 10.3. The van der Waals surface area contributed by atoms with Crippen LogP contribution < -0.4 is 0 Å². The summed E-state index contributed by atoms with van der Waals surface area (Å²) in [5.74, 6) is -3.54. The minimum absolute atomic E-state index is 0.598. The van der Waals surface area contributed by atoms with Crippen molar-refractivity contribution in [2.24, 2.45) is 0 Å². The molecule has 0 aliphatic heterocycles. The van der Waals surface area contributed by atoms with Crippen LogP contribution in [-0.2, 0) is 0 Å². The number of phenols is 3. The van der Waals surface area contributed by atoms with Crippen LogP contribution in [0.1, 0.15) is 0 Å². The Kier molecular flexibility index (Phi) is 1.37. The highest BCUT2D eigenvalue weighted by Crippen LogP contribution is 2.35. The molecule has 0 saturated heterocycles. The molecule has 4 heteroatoms. The third-order valence-electron chi connectivity index (χ3n) is 1.01. The van der Waals surface area contributed by atoms with Crippen molar-refractivity contribution >= 4 is 0 Å². The molecule has 0 heterocycles. The molecular weight excluding hydrogens is 139 g/mol. The SMILES string of the molecule is Oc1c[c]c(F)c(O)c1O. The average molecular weight is 143 g/mol. The van der Waals surface area contributed by atoms with Crippen molar-refractivity contribution in [2.75, 3.05) is 0 Å². The van der Waals surface area contributed by atoms with Gasteiger partial charge in [0.1, 0.15) is 0 Å². The number of hydrogen-bond acceptors (Lipinski definition) is 3. The van der Waals surface area contributed by atoms with E-state index in [4.69, 9.17) is 15.3 Å². The van der Waals surface area contributed by atoms with E-state index >= 15 is 0 Å². The van der Waals surface area contributed by atoms with E-state index in [1.165, 1.54) is 0 Å². The molecule has 3 N–H and O–H groups in total. The van der Waals surface area contributed by atoms with Gasteiger partial charge < -0.3 is 15.3 Å². The van der Waals surface area contributed by atoms with Crippen molar-refractivity contribution in [3.05, 3.63) is 17.9 Å².